The molecule has 1 aliphatic rings. The molecule has 0 amide bonds. The lowest BCUT2D eigenvalue weighted by atomic mass is 9.76. The second kappa shape index (κ2) is 4.74. The fourth-order valence-electron chi connectivity index (χ4n) is 2.43. The molecule has 0 atom stereocenters. The van der Waals surface area contributed by atoms with E-state index in [4.69, 9.17) is 17.3 Å². The van der Waals surface area contributed by atoms with Crippen LogP contribution in [0.25, 0.3) is 0 Å². The Kier molecular flexibility index (Phi) is 3.53. The Morgan fingerprint density at radius 1 is 1.25 bits per heavy atom. The quantitative estimate of drug-likeness (QED) is 0.834. The van der Waals surface area contributed by atoms with Gasteiger partial charge in [0.25, 0.3) is 0 Å². The van der Waals surface area contributed by atoms with Crippen LogP contribution in [0.3, 0.4) is 0 Å². The molecule has 2 nitrogen and oxygen atoms in total. The second-order valence-corrected chi connectivity index (χ2v) is 5.19. The number of nitrogens with two attached hydrogens (primary N) is 1. The minimum Gasteiger partial charge on any atom is -0.389 e. The van der Waals surface area contributed by atoms with Crippen LogP contribution in [-0.2, 0) is 0 Å². The zero-order valence-electron chi connectivity index (χ0n) is 9.32. The van der Waals surface area contributed by atoms with E-state index in [2.05, 4.69) is 12.1 Å². The predicted octanol–water partition coefficient (Wildman–Crippen LogP) is 2.69. The Bertz CT molecular complexity index is 341. The van der Waals surface area contributed by atoms with Crippen LogP contribution in [0.5, 0.6) is 0 Å². The van der Waals surface area contributed by atoms with Crippen LogP contribution in [-0.4, -0.2) is 17.3 Å². The summed E-state index contributed by atoms with van der Waals surface area (Å²) in [4.78, 5) is 0. The van der Waals surface area contributed by atoms with E-state index in [1.807, 2.05) is 12.1 Å². The first-order chi connectivity index (χ1) is 7.63. The molecule has 0 aliphatic heterocycles. The van der Waals surface area contributed by atoms with Gasteiger partial charge in [0, 0.05) is 11.6 Å². The van der Waals surface area contributed by atoms with Crippen molar-refractivity contribution in [3.05, 3.63) is 34.9 Å². The number of halogens is 1. The first-order valence-electron chi connectivity index (χ1n) is 5.81. The van der Waals surface area contributed by atoms with Crippen molar-refractivity contribution in [2.45, 2.75) is 37.2 Å². The highest BCUT2D eigenvalue weighted by Gasteiger charge is 2.32. The van der Waals surface area contributed by atoms with E-state index >= 15 is 0 Å². The molecule has 0 bridgehead atoms. The van der Waals surface area contributed by atoms with Crippen molar-refractivity contribution < 1.29 is 5.11 Å². The van der Waals surface area contributed by atoms with Crippen LogP contribution >= 0.6 is 11.6 Å². The largest absolute Gasteiger partial charge is 0.389 e. The lowest BCUT2D eigenvalue weighted by molar-refractivity contribution is 0.00767. The summed E-state index contributed by atoms with van der Waals surface area (Å²) in [5.74, 6) is 0.545. The number of hydrogen-bond donors (Lipinski definition) is 2. The van der Waals surface area contributed by atoms with Crippen molar-refractivity contribution in [2.75, 3.05) is 6.54 Å². The predicted molar refractivity (Wildman–Crippen MR) is 66.7 cm³/mol. The third-order valence-electron chi connectivity index (χ3n) is 3.64. The molecular weight excluding hydrogens is 222 g/mol. The van der Waals surface area contributed by atoms with E-state index in [1.54, 1.807) is 0 Å². The van der Waals surface area contributed by atoms with E-state index in [9.17, 15) is 5.11 Å². The minimum atomic E-state index is -0.622. The van der Waals surface area contributed by atoms with Crippen molar-refractivity contribution in [1.82, 2.24) is 0 Å². The first-order valence-corrected chi connectivity index (χ1v) is 6.19. The number of rotatable bonds is 2. The Balaban J connectivity index is 2.01. The molecule has 1 aromatic rings. The third-order valence-corrected chi connectivity index (χ3v) is 3.89. The zero-order chi connectivity index (χ0) is 11.6. The Labute approximate surface area is 101 Å². The van der Waals surface area contributed by atoms with Crippen molar-refractivity contribution in [1.29, 1.82) is 0 Å². The molecule has 88 valence electrons. The van der Waals surface area contributed by atoms with Gasteiger partial charge in [-0.15, -0.1) is 0 Å². The van der Waals surface area contributed by atoms with Crippen LogP contribution in [0.1, 0.15) is 37.2 Å². The van der Waals surface area contributed by atoms with Crippen LogP contribution < -0.4 is 5.73 Å². The van der Waals surface area contributed by atoms with Crippen LogP contribution in [0.15, 0.2) is 24.3 Å². The molecule has 3 N–H and O–H groups in total. The van der Waals surface area contributed by atoms with Gasteiger partial charge in [0.05, 0.1) is 5.60 Å². The number of aliphatic hydroxyl groups is 1. The molecule has 1 aliphatic carbocycles. The normalized spacial score (nSPS) is 30.3. The van der Waals surface area contributed by atoms with E-state index in [0.29, 0.717) is 12.5 Å². The summed E-state index contributed by atoms with van der Waals surface area (Å²) in [7, 11) is 0. The van der Waals surface area contributed by atoms with Gasteiger partial charge in [0.15, 0.2) is 0 Å². The summed E-state index contributed by atoms with van der Waals surface area (Å²) in [6.07, 6.45) is 3.62. The topological polar surface area (TPSA) is 46.2 Å². The van der Waals surface area contributed by atoms with Gasteiger partial charge in [-0.3, -0.25) is 0 Å². The molecule has 1 aromatic carbocycles. The molecule has 3 heteroatoms. The maximum Gasteiger partial charge on any atom is 0.0769 e. The first kappa shape index (κ1) is 11.9. The van der Waals surface area contributed by atoms with Gasteiger partial charge in [-0.25, -0.2) is 0 Å². The molecule has 0 heterocycles. The summed E-state index contributed by atoms with van der Waals surface area (Å²) in [5.41, 5.74) is 6.27. The lowest BCUT2D eigenvalue weighted by Gasteiger charge is -2.35. The summed E-state index contributed by atoms with van der Waals surface area (Å²) >= 11 is 5.86. The fourth-order valence-corrected chi connectivity index (χ4v) is 2.55. The van der Waals surface area contributed by atoms with Crippen LogP contribution in [0.4, 0.5) is 0 Å². The molecule has 0 spiro atoms. The highest BCUT2D eigenvalue weighted by atomic mass is 35.5. The van der Waals surface area contributed by atoms with E-state index in [0.717, 1.165) is 30.7 Å². The SMILES string of the molecule is NCC1(O)CCC(c2ccc(Cl)cc2)CC1. The Morgan fingerprint density at radius 3 is 2.31 bits per heavy atom. The van der Waals surface area contributed by atoms with E-state index < -0.39 is 5.60 Å². The molecule has 2 rings (SSSR count). The van der Waals surface area contributed by atoms with Gasteiger partial charge < -0.3 is 10.8 Å². The molecule has 0 radical (unpaired) electrons. The average molecular weight is 240 g/mol. The molecule has 16 heavy (non-hydrogen) atoms. The van der Waals surface area contributed by atoms with E-state index in [-0.39, 0.29) is 0 Å². The monoisotopic (exact) mass is 239 g/mol. The van der Waals surface area contributed by atoms with Crippen molar-refractivity contribution in [3.8, 4) is 0 Å². The smallest absolute Gasteiger partial charge is 0.0769 e. The summed E-state index contributed by atoms with van der Waals surface area (Å²) < 4.78 is 0. The standard InChI is InChI=1S/C13H18ClNO/c14-12-3-1-10(2-4-12)11-5-7-13(16,9-15)8-6-11/h1-4,11,16H,5-9,15H2. The average Bonchev–Trinajstić information content (AvgIpc) is 2.32. The molecule has 1 saturated carbocycles. The van der Waals surface area contributed by atoms with E-state index in [1.165, 1.54) is 5.56 Å². The molecular formula is C13H18ClNO. The van der Waals surface area contributed by atoms with Crippen LogP contribution in [0.2, 0.25) is 5.02 Å². The number of hydrogen-bond acceptors (Lipinski definition) is 2. The molecule has 0 saturated heterocycles. The van der Waals surface area contributed by atoms with Gasteiger partial charge in [-0.05, 0) is 49.3 Å². The van der Waals surface area contributed by atoms with Gasteiger partial charge in [-0.1, -0.05) is 23.7 Å². The third kappa shape index (κ3) is 2.57. The molecule has 1 fully saturated rings. The van der Waals surface area contributed by atoms with Crippen LogP contribution in [0, 0.1) is 0 Å². The number of benzene rings is 1. The van der Waals surface area contributed by atoms with Gasteiger partial charge >= 0.3 is 0 Å². The highest BCUT2D eigenvalue weighted by molar-refractivity contribution is 6.30. The van der Waals surface area contributed by atoms with Gasteiger partial charge in [0.1, 0.15) is 0 Å². The maximum absolute atomic E-state index is 10.0. The van der Waals surface area contributed by atoms with Crippen molar-refractivity contribution in [2.24, 2.45) is 5.73 Å². The van der Waals surface area contributed by atoms with Crippen molar-refractivity contribution >= 4 is 11.6 Å². The van der Waals surface area contributed by atoms with Crippen molar-refractivity contribution in [3.63, 3.8) is 0 Å². The Morgan fingerprint density at radius 2 is 1.81 bits per heavy atom. The maximum atomic E-state index is 10.0. The molecule has 0 aromatic heterocycles. The summed E-state index contributed by atoms with van der Waals surface area (Å²) in [6.45, 7) is 0.375. The second-order valence-electron chi connectivity index (χ2n) is 4.75. The zero-order valence-corrected chi connectivity index (χ0v) is 10.1. The van der Waals surface area contributed by atoms with Gasteiger partial charge in [0.2, 0.25) is 0 Å². The summed E-state index contributed by atoms with van der Waals surface area (Å²) in [5, 5.41) is 10.8. The van der Waals surface area contributed by atoms with Gasteiger partial charge in [-0.2, -0.15) is 0 Å². The highest BCUT2D eigenvalue weighted by Crippen LogP contribution is 2.37. The minimum absolute atomic E-state index is 0.375. The molecule has 0 unspecified atom stereocenters. The summed E-state index contributed by atoms with van der Waals surface area (Å²) in [6, 6.07) is 8.03. The fraction of sp³-hybridized carbons (Fsp3) is 0.538. The lowest BCUT2D eigenvalue weighted by Crippen LogP contribution is -2.40. The Hall–Kier alpha value is -0.570.